The predicted molar refractivity (Wildman–Crippen MR) is 90.6 cm³/mol. The molecule has 122 valence electrons. The van der Waals surface area contributed by atoms with Crippen molar-refractivity contribution in [3.8, 4) is 5.75 Å². The molecule has 3 rings (SSSR count). The molecule has 1 aromatic heterocycles. The first-order chi connectivity index (χ1) is 11.5. The fourth-order valence-electron chi connectivity index (χ4n) is 2.70. The number of ether oxygens (including phenoxy) is 1. The van der Waals surface area contributed by atoms with Gasteiger partial charge >= 0.3 is 0 Å². The second-order valence-corrected chi connectivity index (χ2v) is 5.55. The zero-order valence-corrected chi connectivity index (χ0v) is 13.3. The molecule has 0 unspecified atom stereocenters. The lowest BCUT2D eigenvalue weighted by Crippen LogP contribution is -2.24. The first-order valence-corrected chi connectivity index (χ1v) is 7.50. The van der Waals surface area contributed by atoms with Gasteiger partial charge in [0.25, 0.3) is 5.69 Å². The number of hydrogen-bond donors (Lipinski definition) is 1. The van der Waals surface area contributed by atoms with E-state index in [0.29, 0.717) is 11.3 Å². The number of nitro benzene ring substituents is 1. The summed E-state index contributed by atoms with van der Waals surface area (Å²) in [5, 5.41) is 11.5. The molecule has 6 nitrogen and oxygen atoms in total. The monoisotopic (exact) mass is 324 g/mol. The third-order valence-electron chi connectivity index (χ3n) is 3.87. The number of Topliss-reactive ketones (excluding diaryl/α,β-unsaturated/α-hetero) is 1. The van der Waals surface area contributed by atoms with Crippen LogP contribution in [-0.2, 0) is 0 Å². The molecule has 1 heterocycles. The number of aromatic amines is 1. The van der Waals surface area contributed by atoms with Crippen molar-refractivity contribution < 1.29 is 14.5 Å². The number of aromatic nitrogens is 1. The van der Waals surface area contributed by atoms with Crippen molar-refractivity contribution in [2.24, 2.45) is 0 Å². The number of benzene rings is 2. The summed E-state index contributed by atoms with van der Waals surface area (Å²) in [4.78, 5) is 26.2. The van der Waals surface area contributed by atoms with E-state index in [0.717, 1.165) is 16.6 Å². The summed E-state index contributed by atoms with van der Waals surface area (Å²) in [5.74, 6) is 0.280. The number of H-pyrrole nitrogens is 1. The van der Waals surface area contributed by atoms with Crippen LogP contribution in [0.5, 0.6) is 5.75 Å². The standard InChI is InChI=1S/C18H16N2O4/c1-11-17(15-5-3-4-6-16(15)19-11)18(21)12(2)24-14-9-7-13(8-10-14)20(22)23/h3-10,12,19H,1-2H3/t12-/m0/s1. The van der Waals surface area contributed by atoms with Crippen LogP contribution >= 0.6 is 0 Å². The van der Waals surface area contributed by atoms with E-state index in [2.05, 4.69) is 4.98 Å². The molecule has 0 amide bonds. The molecule has 0 saturated heterocycles. The number of rotatable bonds is 5. The molecule has 0 spiro atoms. The fraction of sp³-hybridized carbons (Fsp3) is 0.167. The summed E-state index contributed by atoms with van der Waals surface area (Å²) in [6.45, 7) is 3.52. The average Bonchev–Trinajstić information content (AvgIpc) is 2.90. The van der Waals surface area contributed by atoms with Gasteiger partial charge in [-0.15, -0.1) is 0 Å². The highest BCUT2D eigenvalue weighted by molar-refractivity contribution is 6.11. The minimum atomic E-state index is -0.704. The zero-order chi connectivity index (χ0) is 17.3. The Kier molecular flexibility index (Phi) is 4.04. The first kappa shape index (κ1) is 15.7. The highest BCUT2D eigenvalue weighted by atomic mass is 16.6. The van der Waals surface area contributed by atoms with Gasteiger partial charge in [0.1, 0.15) is 5.75 Å². The van der Waals surface area contributed by atoms with Gasteiger partial charge in [-0.05, 0) is 32.0 Å². The number of ketones is 1. The van der Waals surface area contributed by atoms with Crippen LogP contribution in [0.15, 0.2) is 48.5 Å². The number of nitrogens with zero attached hydrogens (tertiary/aromatic N) is 1. The van der Waals surface area contributed by atoms with Gasteiger partial charge in [0.15, 0.2) is 6.10 Å². The van der Waals surface area contributed by atoms with Crippen LogP contribution in [0, 0.1) is 17.0 Å². The average molecular weight is 324 g/mol. The maximum Gasteiger partial charge on any atom is 0.269 e. The number of non-ortho nitro benzene ring substituents is 1. The van der Waals surface area contributed by atoms with E-state index in [-0.39, 0.29) is 11.5 Å². The molecule has 0 bridgehead atoms. The van der Waals surface area contributed by atoms with Crippen molar-refractivity contribution in [1.29, 1.82) is 0 Å². The Morgan fingerprint density at radius 2 is 1.83 bits per heavy atom. The molecule has 0 fully saturated rings. The van der Waals surface area contributed by atoms with E-state index in [4.69, 9.17) is 4.74 Å². The minimum absolute atomic E-state index is 0.0196. The van der Waals surface area contributed by atoms with Crippen LogP contribution in [0.3, 0.4) is 0 Å². The van der Waals surface area contributed by atoms with Crippen LogP contribution < -0.4 is 4.74 Å². The quantitative estimate of drug-likeness (QED) is 0.436. The largest absolute Gasteiger partial charge is 0.483 e. The van der Waals surface area contributed by atoms with Crippen LogP contribution in [0.1, 0.15) is 23.0 Å². The topological polar surface area (TPSA) is 85.2 Å². The number of hydrogen-bond acceptors (Lipinski definition) is 4. The van der Waals surface area contributed by atoms with E-state index in [1.807, 2.05) is 31.2 Å². The lowest BCUT2D eigenvalue weighted by atomic mass is 10.0. The highest BCUT2D eigenvalue weighted by Gasteiger charge is 2.23. The number of carbonyl (C=O) groups excluding carboxylic acids is 1. The molecule has 0 aliphatic carbocycles. The number of nitrogens with one attached hydrogen (secondary N) is 1. The van der Waals surface area contributed by atoms with Crippen LogP contribution in [0.4, 0.5) is 5.69 Å². The second-order valence-electron chi connectivity index (χ2n) is 5.55. The molecule has 24 heavy (non-hydrogen) atoms. The van der Waals surface area contributed by atoms with Crippen LogP contribution in [0.25, 0.3) is 10.9 Å². The van der Waals surface area contributed by atoms with Gasteiger partial charge in [-0.3, -0.25) is 14.9 Å². The smallest absolute Gasteiger partial charge is 0.269 e. The van der Waals surface area contributed by atoms with E-state index in [1.165, 1.54) is 24.3 Å². The van der Waals surface area contributed by atoms with Crippen molar-refractivity contribution in [2.45, 2.75) is 20.0 Å². The lowest BCUT2D eigenvalue weighted by Gasteiger charge is -2.13. The maximum absolute atomic E-state index is 12.8. The molecule has 0 aliphatic heterocycles. The van der Waals surface area contributed by atoms with Gasteiger partial charge in [0.05, 0.1) is 4.92 Å². The number of fused-ring (bicyclic) bond motifs is 1. The highest BCUT2D eigenvalue weighted by Crippen LogP contribution is 2.25. The molecule has 6 heteroatoms. The maximum atomic E-state index is 12.8. The summed E-state index contributed by atoms with van der Waals surface area (Å²) in [5.41, 5.74) is 2.29. The summed E-state index contributed by atoms with van der Waals surface area (Å²) >= 11 is 0. The normalized spacial score (nSPS) is 12.1. The minimum Gasteiger partial charge on any atom is -0.483 e. The fourth-order valence-corrected chi connectivity index (χ4v) is 2.70. The number of carbonyl (C=O) groups is 1. The summed E-state index contributed by atoms with van der Waals surface area (Å²) in [7, 11) is 0. The van der Waals surface area contributed by atoms with Gasteiger partial charge in [-0.2, -0.15) is 0 Å². The van der Waals surface area contributed by atoms with E-state index < -0.39 is 11.0 Å². The van der Waals surface area contributed by atoms with Crippen molar-refractivity contribution in [1.82, 2.24) is 4.98 Å². The molecular weight excluding hydrogens is 308 g/mol. The molecule has 0 saturated carbocycles. The van der Waals surface area contributed by atoms with E-state index in [1.54, 1.807) is 6.92 Å². The van der Waals surface area contributed by atoms with Gasteiger partial charge in [0.2, 0.25) is 5.78 Å². The molecule has 0 aliphatic rings. The van der Waals surface area contributed by atoms with Crippen molar-refractivity contribution in [3.05, 3.63) is 69.9 Å². The third-order valence-corrected chi connectivity index (χ3v) is 3.87. The van der Waals surface area contributed by atoms with Gasteiger partial charge in [-0.25, -0.2) is 0 Å². The number of nitro groups is 1. The van der Waals surface area contributed by atoms with Gasteiger partial charge < -0.3 is 9.72 Å². The van der Waals surface area contributed by atoms with Gasteiger partial charge in [0, 0.05) is 34.3 Å². The Labute approximate surface area is 138 Å². The Morgan fingerprint density at radius 3 is 2.50 bits per heavy atom. The van der Waals surface area contributed by atoms with E-state index >= 15 is 0 Å². The van der Waals surface area contributed by atoms with E-state index in [9.17, 15) is 14.9 Å². The third kappa shape index (κ3) is 2.86. The summed E-state index contributed by atoms with van der Waals surface area (Å²) in [6.07, 6.45) is -0.704. The number of aryl methyl sites for hydroxylation is 1. The summed E-state index contributed by atoms with van der Waals surface area (Å²) in [6, 6.07) is 13.3. The Hall–Kier alpha value is -3.15. The van der Waals surface area contributed by atoms with Crippen LogP contribution in [-0.4, -0.2) is 21.8 Å². The van der Waals surface area contributed by atoms with Crippen molar-refractivity contribution >= 4 is 22.4 Å². The molecule has 0 radical (unpaired) electrons. The molecular formula is C18H16N2O4. The summed E-state index contributed by atoms with van der Waals surface area (Å²) < 4.78 is 5.65. The van der Waals surface area contributed by atoms with Crippen LogP contribution in [0.2, 0.25) is 0 Å². The molecule has 1 atom stereocenters. The van der Waals surface area contributed by atoms with Crippen molar-refractivity contribution in [2.75, 3.05) is 0 Å². The molecule has 2 aromatic carbocycles. The second kappa shape index (κ2) is 6.16. The van der Waals surface area contributed by atoms with Crippen molar-refractivity contribution in [3.63, 3.8) is 0 Å². The SMILES string of the molecule is Cc1[nH]c2ccccc2c1C(=O)[C@H](C)Oc1ccc([N+](=O)[O-])cc1. The Balaban J connectivity index is 1.84. The van der Waals surface area contributed by atoms with Gasteiger partial charge in [-0.1, -0.05) is 18.2 Å². The molecule has 1 N–H and O–H groups in total. The molecule has 3 aromatic rings. The zero-order valence-electron chi connectivity index (χ0n) is 13.3. The predicted octanol–water partition coefficient (Wildman–Crippen LogP) is 4.03. The Bertz CT molecular complexity index is 912. The first-order valence-electron chi connectivity index (χ1n) is 7.50. The lowest BCUT2D eigenvalue weighted by molar-refractivity contribution is -0.384. The Morgan fingerprint density at radius 1 is 1.17 bits per heavy atom. The number of para-hydroxylation sites is 1.